The van der Waals surface area contributed by atoms with Crippen LogP contribution >= 0.6 is 0 Å². The van der Waals surface area contributed by atoms with Crippen molar-refractivity contribution in [3.8, 4) is 17.2 Å². The third-order valence-electron chi connectivity index (χ3n) is 4.15. The molecule has 3 aromatic carbocycles. The summed E-state index contributed by atoms with van der Waals surface area (Å²) in [7, 11) is 0. The SMILES string of the molecule is O=C(Nc1ccc(Oc2cccc(F)c2)cc1)N[C@@H]1COc2ccccc21. The van der Waals surface area contributed by atoms with Crippen molar-refractivity contribution in [1.82, 2.24) is 5.32 Å². The van der Waals surface area contributed by atoms with Crippen molar-refractivity contribution in [2.75, 3.05) is 11.9 Å². The largest absolute Gasteiger partial charge is 0.491 e. The Morgan fingerprint density at radius 2 is 1.81 bits per heavy atom. The molecule has 1 aliphatic heterocycles. The normalized spacial score (nSPS) is 14.8. The minimum absolute atomic E-state index is 0.184. The van der Waals surface area contributed by atoms with Gasteiger partial charge in [0.05, 0.1) is 6.04 Å². The highest BCUT2D eigenvalue weighted by Crippen LogP contribution is 2.31. The van der Waals surface area contributed by atoms with Gasteiger partial charge in [-0.3, -0.25) is 0 Å². The Labute approximate surface area is 155 Å². The molecule has 0 bridgehead atoms. The van der Waals surface area contributed by atoms with Crippen LogP contribution in [0.1, 0.15) is 11.6 Å². The van der Waals surface area contributed by atoms with Gasteiger partial charge in [0.2, 0.25) is 0 Å². The van der Waals surface area contributed by atoms with Crippen LogP contribution in [0.15, 0.2) is 72.8 Å². The summed E-state index contributed by atoms with van der Waals surface area (Å²) in [5.74, 6) is 1.39. The van der Waals surface area contributed by atoms with Gasteiger partial charge < -0.3 is 20.1 Å². The van der Waals surface area contributed by atoms with Gasteiger partial charge in [-0.25, -0.2) is 9.18 Å². The minimum Gasteiger partial charge on any atom is -0.491 e. The van der Waals surface area contributed by atoms with Gasteiger partial charge in [-0.05, 0) is 42.5 Å². The first-order chi connectivity index (χ1) is 13.2. The van der Waals surface area contributed by atoms with Crippen molar-refractivity contribution >= 4 is 11.7 Å². The fraction of sp³-hybridized carbons (Fsp3) is 0.0952. The number of hydrogen-bond donors (Lipinski definition) is 2. The van der Waals surface area contributed by atoms with Crippen LogP contribution in [0.3, 0.4) is 0 Å². The number of hydrogen-bond acceptors (Lipinski definition) is 3. The fourth-order valence-corrected chi connectivity index (χ4v) is 2.88. The highest BCUT2D eigenvalue weighted by molar-refractivity contribution is 5.89. The number of fused-ring (bicyclic) bond motifs is 1. The second-order valence-electron chi connectivity index (χ2n) is 6.08. The number of para-hydroxylation sites is 1. The number of nitrogens with one attached hydrogen (secondary N) is 2. The maximum Gasteiger partial charge on any atom is 0.319 e. The van der Waals surface area contributed by atoms with Gasteiger partial charge in [0, 0.05) is 17.3 Å². The molecule has 6 heteroatoms. The monoisotopic (exact) mass is 364 g/mol. The Balaban J connectivity index is 1.35. The predicted molar refractivity (Wildman–Crippen MR) is 99.7 cm³/mol. The Bertz CT molecular complexity index is 960. The van der Waals surface area contributed by atoms with Crippen LogP contribution in [-0.2, 0) is 0 Å². The number of carbonyl (C=O) groups is 1. The average Bonchev–Trinajstić information content (AvgIpc) is 3.06. The lowest BCUT2D eigenvalue weighted by molar-refractivity contribution is 0.243. The molecule has 2 N–H and O–H groups in total. The topological polar surface area (TPSA) is 59.6 Å². The molecule has 0 saturated carbocycles. The summed E-state index contributed by atoms with van der Waals surface area (Å²) in [6.45, 7) is 0.410. The molecule has 1 heterocycles. The number of anilines is 1. The van der Waals surface area contributed by atoms with E-state index in [2.05, 4.69) is 10.6 Å². The summed E-state index contributed by atoms with van der Waals surface area (Å²) < 4.78 is 24.3. The molecule has 27 heavy (non-hydrogen) atoms. The Morgan fingerprint density at radius 3 is 2.63 bits per heavy atom. The van der Waals surface area contributed by atoms with Gasteiger partial charge in [0.1, 0.15) is 29.7 Å². The van der Waals surface area contributed by atoms with E-state index in [0.717, 1.165) is 11.3 Å². The van der Waals surface area contributed by atoms with Gasteiger partial charge in [-0.2, -0.15) is 0 Å². The lowest BCUT2D eigenvalue weighted by Crippen LogP contribution is -2.33. The molecule has 3 aromatic rings. The molecule has 5 nitrogen and oxygen atoms in total. The number of ether oxygens (including phenoxy) is 2. The van der Waals surface area contributed by atoms with Crippen molar-refractivity contribution in [1.29, 1.82) is 0 Å². The molecule has 2 amide bonds. The van der Waals surface area contributed by atoms with E-state index in [1.165, 1.54) is 12.1 Å². The van der Waals surface area contributed by atoms with Gasteiger partial charge in [-0.1, -0.05) is 24.3 Å². The van der Waals surface area contributed by atoms with E-state index in [1.807, 2.05) is 24.3 Å². The predicted octanol–water partition coefficient (Wildman–Crippen LogP) is 4.87. The third-order valence-corrected chi connectivity index (χ3v) is 4.15. The zero-order valence-electron chi connectivity index (χ0n) is 14.3. The highest BCUT2D eigenvalue weighted by atomic mass is 19.1. The summed E-state index contributed by atoms with van der Waals surface area (Å²) in [5, 5.41) is 5.67. The fourth-order valence-electron chi connectivity index (χ4n) is 2.88. The highest BCUT2D eigenvalue weighted by Gasteiger charge is 2.24. The van der Waals surface area contributed by atoms with E-state index in [-0.39, 0.29) is 17.9 Å². The second-order valence-corrected chi connectivity index (χ2v) is 6.08. The van der Waals surface area contributed by atoms with E-state index in [1.54, 1.807) is 36.4 Å². The quantitative estimate of drug-likeness (QED) is 0.694. The van der Waals surface area contributed by atoms with Crippen LogP contribution < -0.4 is 20.1 Å². The molecule has 0 spiro atoms. The second kappa shape index (κ2) is 7.37. The van der Waals surface area contributed by atoms with E-state index in [0.29, 0.717) is 23.8 Å². The molecular formula is C21H17FN2O3. The first-order valence-electron chi connectivity index (χ1n) is 8.50. The molecule has 0 aliphatic carbocycles. The average molecular weight is 364 g/mol. The lowest BCUT2D eigenvalue weighted by Gasteiger charge is -2.13. The molecular weight excluding hydrogens is 347 g/mol. The Hall–Kier alpha value is -3.54. The van der Waals surface area contributed by atoms with Crippen LogP contribution in [0.25, 0.3) is 0 Å². The number of halogens is 1. The van der Waals surface area contributed by atoms with Gasteiger partial charge in [0.25, 0.3) is 0 Å². The van der Waals surface area contributed by atoms with Crippen LogP contribution in [0.5, 0.6) is 17.2 Å². The zero-order chi connectivity index (χ0) is 18.6. The molecule has 136 valence electrons. The number of urea groups is 1. The smallest absolute Gasteiger partial charge is 0.319 e. The third kappa shape index (κ3) is 4.00. The van der Waals surface area contributed by atoms with E-state index < -0.39 is 0 Å². The maximum atomic E-state index is 13.2. The molecule has 0 aromatic heterocycles. The standard InChI is InChI=1S/C21H17FN2O3/c22-14-4-3-5-17(12-14)27-16-10-8-15(9-11-16)23-21(25)24-19-13-26-20-7-2-1-6-18(19)20/h1-12,19H,13H2,(H2,23,24,25)/t19-/m1/s1. The van der Waals surface area contributed by atoms with Crippen molar-refractivity contribution < 1.29 is 18.7 Å². The number of rotatable bonds is 4. The summed E-state index contributed by atoms with van der Waals surface area (Å²) in [5.41, 5.74) is 1.58. The Morgan fingerprint density at radius 1 is 1.00 bits per heavy atom. The van der Waals surface area contributed by atoms with Gasteiger partial charge in [0.15, 0.2) is 0 Å². The molecule has 1 aliphatic rings. The first-order valence-corrected chi connectivity index (χ1v) is 8.50. The summed E-state index contributed by atoms with van der Waals surface area (Å²) in [6.07, 6.45) is 0. The van der Waals surface area contributed by atoms with E-state index >= 15 is 0 Å². The zero-order valence-corrected chi connectivity index (χ0v) is 14.3. The maximum absolute atomic E-state index is 13.2. The lowest BCUT2D eigenvalue weighted by atomic mass is 10.1. The molecule has 0 fully saturated rings. The Kier molecular flexibility index (Phi) is 4.61. The van der Waals surface area contributed by atoms with Crippen LogP contribution in [0.4, 0.5) is 14.9 Å². The first kappa shape index (κ1) is 16.9. The number of amides is 2. The summed E-state index contributed by atoms with van der Waals surface area (Å²) in [4.78, 5) is 12.2. The molecule has 0 unspecified atom stereocenters. The van der Waals surface area contributed by atoms with Crippen LogP contribution in [-0.4, -0.2) is 12.6 Å². The summed E-state index contributed by atoms with van der Waals surface area (Å²) >= 11 is 0. The molecule has 0 saturated heterocycles. The minimum atomic E-state index is -0.361. The van der Waals surface area contributed by atoms with Crippen molar-refractivity contribution in [3.05, 3.63) is 84.2 Å². The summed E-state index contributed by atoms with van der Waals surface area (Å²) in [6, 6.07) is 19.9. The molecule has 0 radical (unpaired) electrons. The van der Waals surface area contributed by atoms with E-state index in [4.69, 9.17) is 9.47 Å². The van der Waals surface area contributed by atoms with Crippen LogP contribution in [0.2, 0.25) is 0 Å². The van der Waals surface area contributed by atoms with Crippen LogP contribution in [0, 0.1) is 5.82 Å². The number of benzene rings is 3. The van der Waals surface area contributed by atoms with Crippen molar-refractivity contribution in [3.63, 3.8) is 0 Å². The number of carbonyl (C=O) groups excluding carboxylic acids is 1. The van der Waals surface area contributed by atoms with Crippen molar-refractivity contribution in [2.45, 2.75) is 6.04 Å². The van der Waals surface area contributed by atoms with Gasteiger partial charge >= 0.3 is 6.03 Å². The van der Waals surface area contributed by atoms with E-state index in [9.17, 15) is 9.18 Å². The molecule has 1 atom stereocenters. The molecule has 4 rings (SSSR count). The van der Waals surface area contributed by atoms with Crippen molar-refractivity contribution in [2.24, 2.45) is 0 Å². The van der Waals surface area contributed by atoms with Gasteiger partial charge in [-0.15, -0.1) is 0 Å².